The summed E-state index contributed by atoms with van der Waals surface area (Å²) in [6.07, 6.45) is 10.9. The predicted octanol–water partition coefficient (Wildman–Crippen LogP) is 7.10. The van der Waals surface area contributed by atoms with E-state index in [1.165, 1.54) is 49.0 Å². The Hall–Kier alpha value is -1.05. The van der Waals surface area contributed by atoms with E-state index in [1.54, 1.807) is 0 Å². The normalized spacial score (nSPS) is 49.8. The molecule has 4 aliphatic carbocycles. The van der Waals surface area contributed by atoms with Crippen molar-refractivity contribution >= 4 is 5.78 Å². The minimum atomic E-state index is -0.202. The van der Waals surface area contributed by atoms with Gasteiger partial charge >= 0.3 is 0 Å². The molecule has 0 radical (unpaired) electrons. The van der Waals surface area contributed by atoms with Crippen LogP contribution in [0.5, 0.6) is 0 Å². The summed E-state index contributed by atoms with van der Waals surface area (Å²) in [4.78, 5) is 13.9. The van der Waals surface area contributed by atoms with Crippen LogP contribution in [-0.2, 0) is 9.53 Å². The Morgan fingerprint density at radius 3 is 2.67 bits per heavy atom. The van der Waals surface area contributed by atoms with Crippen LogP contribution in [0.1, 0.15) is 92.4 Å². The fourth-order valence-corrected chi connectivity index (χ4v) is 9.06. The van der Waals surface area contributed by atoms with Gasteiger partial charge in [-0.1, -0.05) is 32.8 Å². The summed E-state index contributed by atoms with van der Waals surface area (Å²) in [5, 5.41) is 0. The third-order valence-corrected chi connectivity index (χ3v) is 10.8. The zero-order valence-corrected chi connectivity index (χ0v) is 19.9. The van der Waals surface area contributed by atoms with Crippen molar-refractivity contribution in [1.82, 2.24) is 0 Å². The fourth-order valence-electron chi connectivity index (χ4n) is 9.06. The molecule has 9 atom stereocenters. The molecular formula is C28H42O2. The van der Waals surface area contributed by atoms with Gasteiger partial charge in [0.1, 0.15) is 11.9 Å². The highest BCUT2D eigenvalue weighted by Crippen LogP contribution is 2.69. The van der Waals surface area contributed by atoms with Crippen molar-refractivity contribution < 1.29 is 9.53 Å². The second-order valence-corrected chi connectivity index (χ2v) is 12.4. The number of hydrogen-bond donors (Lipinski definition) is 0. The van der Waals surface area contributed by atoms with E-state index in [9.17, 15) is 4.79 Å². The number of carbonyl (C=O) groups excluding carboxylic acids is 1. The molecule has 166 valence electrons. The number of Topliss-reactive ketones (excluding diaryl/α,β-unsaturated/α-hetero) is 1. The largest absolute Gasteiger partial charge is 0.494 e. The summed E-state index contributed by atoms with van der Waals surface area (Å²) in [6, 6.07) is 0. The van der Waals surface area contributed by atoms with Gasteiger partial charge in [0.05, 0.1) is 5.76 Å². The van der Waals surface area contributed by atoms with Crippen LogP contribution in [0.3, 0.4) is 0 Å². The Kier molecular flexibility index (Phi) is 4.84. The van der Waals surface area contributed by atoms with E-state index in [0.717, 1.165) is 43.4 Å². The first-order valence-corrected chi connectivity index (χ1v) is 12.7. The van der Waals surface area contributed by atoms with Gasteiger partial charge in [0, 0.05) is 24.2 Å². The minimum absolute atomic E-state index is 0.202. The Balaban J connectivity index is 1.44. The average molecular weight is 411 g/mol. The lowest BCUT2D eigenvalue weighted by Gasteiger charge is -2.60. The molecule has 5 aliphatic rings. The van der Waals surface area contributed by atoms with Crippen LogP contribution in [0.4, 0.5) is 0 Å². The molecular weight excluding hydrogens is 368 g/mol. The topological polar surface area (TPSA) is 26.3 Å². The van der Waals surface area contributed by atoms with Crippen molar-refractivity contribution in [3.63, 3.8) is 0 Å². The summed E-state index contributed by atoms with van der Waals surface area (Å²) in [5.41, 5.74) is 2.78. The highest BCUT2D eigenvalue weighted by Gasteiger charge is 2.67. The lowest BCUT2D eigenvalue weighted by atomic mass is 9.44. The third-order valence-electron chi connectivity index (χ3n) is 10.8. The Bertz CT molecular complexity index is 792. The van der Waals surface area contributed by atoms with Gasteiger partial charge in [-0.25, -0.2) is 0 Å². The highest BCUT2D eigenvalue weighted by molar-refractivity contribution is 5.87. The molecule has 2 heteroatoms. The van der Waals surface area contributed by atoms with E-state index in [4.69, 9.17) is 4.74 Å². The van der Waals surface area contributed by atoms with Crippen LogP contribution in [-0.4, -0.2) is 11.9 Å². The Morgan fingerprint density at radius 1 is 1.17 bits per heavy atom. The molecule has 0 aromatic carbocycles. The molecule has 2 nitrogen and oxygen atoms in total. The Morgan fingerprint density at radius 2 is 1.93 bits per heavy atom. The first kappa shape index (κ1) is 20.8. The maximum Gasteiger partial charge on any atom is 0.140 e. The fraction of sp³-hybridized carbons (Fsp3) is 0.821. The molecule has 0 aromatic heterocycles. The molecule has 0 spiro atoms. The number of ether oxygens (including phenoxy) is 1. The molecule has 5 unspecified atom stereocenters. The van der Waals surface area contributed by atoms with Gasteiger partial charge in [-0.3, -0.25) is 4.79 Å². The van der Waals surface area contributed by atoms with E-state index in [1.807, 2.05) is 0 Å². The molecule has 30 heavy (non-hydrogen) atoms. The highest BCUT2D eigenvalue weighted by atomic mass is 16.5. The Labute approximate surface area is 183 Å². The van der Waals surface area contributed by atoms with Gasteiger partial charge in [0.25, 0.3) is 0 Å². The summed E-state index contributed by atoms with van der Waals surface area (Å²) in [7, 11) is 0. The van der Waals surface area contributed by atoms with Gasteiger partial charge in [0.15, 0.2) is 0 Å². The van der Waals surface area contributed by atoms with Crippen molar-refractivity contribution in [2.24, 2.45) is 46.3 Å². The molecule has 0 aromatic rings. The van der Waals surface area contributed by atoms with E-state index in [0.29, 0.717) is 29.0 Å². The number of rotatable bonds is 3. The van der Waals surface area contributed by atoms with E-state index >= 15 is 0 Å². The number of fused-ring (bicyclic) bond motifs is 7. The number of allylic oxidation sites excluding steroid dienone is 2. The molecule has 4 fully saturated rings. The standard InChI is InChI=1S/C28H42O2/c1-16(2)7-10-23-18(4)26-24(30-23)14-22-20-9-8-19-13-17(3)11-12-27(19,5)21(20)15-25(29)28(22,26)6/h17,19-22,24,26H,1,7-15H2,2-6H3/t17-,19?,20?,21?,22?,24-,26?,27-,28+/m0/s1. The smallest absolute Gasteiger partial charge is 0.140 e. The molecule has 4 saturated carbocycles. The first-order valence-electron chi connectivity index (χ1n) is 12.7. The zero-order valence-electron chi connectivity index (χ0n) is 19.9. The molecule has 0 N–H and O–H groups in total. The van der Waals surface area contributed by atoms with Gasteiger partial charge in [0.2, 0.25) is 0 Å². The maximum absolute atomic E-state index is 13.9. The zero-order chi connectivity index (χ0) is 21.4. The van der Waals surface area contributed by atoms with Crippen molar-refractivity contribution in [1.29, 1.82) is 0 Å². The number of ketones is 1. The van der Waals surface area contributed by atoms with Gasteiger partial charge in [-0.05, 0) is 93.0 Å². The molecule has 1 aliphatic heterocycles. The van der Waals surface area contributed by atoms with Crippen molar-refractivity contribution in [3.8, 4) is 0 Å². The van der Waals surface area contributed by atoms with Crippen LogP contribution in [0.25, 0.3) is 0 Å². The SMILES string of the molecule is C=C(C)CCC1=C(C)C2[C@H](CC3C4CCC5C[C@@H](C)CC[C@]5(C)C4CC(=O)[C@@]32C)O1. The van der Waals surface area contributed by atoms with Crippen LogP contribution in [0.2, 0.25) is 0 Å². The van der Waals surface area contributed by atoms with Crippen molar-refractivity contribution in [3.05, 3.63) is 23.5 Å². The minimum Gasteiger partial charge on any atom is -0.494 e. The lowest BCUT2D eigenvalue weighted by Crippen LogP contribution is -2.56. The van der Waals surface area contributed by atoms with E-state index in [2.05, 4.69) is 41.2 Å². The molecule has 0 bridgehead atoms. The van der Waals surface area contributed by atoms with Crippen molar-refractivity contribution in [2.45, 2.75) is 98.5 Å². The van der Waals surface area contributed by atoms with Crippen LogP contribution in [0.15, 0.2) is 23.5 Å². The summed E-state index contributed by atoms with van der Waals surface area (Å²) in [5.74, 6) is 5.61. The van der Waals surface area contributed by atoms with Crippen LogP contribution in [0, 0.1) is 46.3 Å². The monoisotopic (exact) mass is 410 g/mol. The number of carbonyl (C=O) groups is 1. The van der Waals surface area contributed by atoms with Gasteiger partial charge < -0.3 is 4.74 Å². The predicted molar refractivity (Wildman–Crippen MR) is 122 cm³/mol. The molecule has 1 heterocycles. The van der Waals surface area contributed by atoms with E-state index in [-0.39, 0.29) is 11.5 Å². The third kappa shape index (κ3) is 2.77. The summed E-state index contributed by atoms with van der Waals surface area (Å²) < 4.78 is 6.57. The quantitative estimate of drug-likeness (QED) is 0.464. The summed E-state index contributed by atoms with van der Waals surface area (Å²) in [6.45, 7) is 15.7. The maximum atomic E-state index is 13.9. The van der Waals surface area contributed by atoms with Crippen LogP contribution >= 0.6 is 0 Å². The number of hydrogen-bond acceptors (Lipinski definition) is 2. The second-order valence-electron chi connectivity index (χ2n) is 12.4. The lowest BCUT2D eigenvalue weighted by molar-refractivity contribution is -0.156. The molecule has 0 saturated heterocycles. The second kappa shape index (κ2) is 6.97. The molecule has 5 rings (SSSR count). The van der Waals surface area contributed by atoms with Gasteiger partial charge in [-0.15, -0.1) is 6.58 Å². The van der Waals surface area contributed by atoms with Crippen molar-refractivity contribution in [2.75, 3.05) is 0 Å². The first-order chi connectivity index (χ1) is 14.2. The van der Waals surface area contributed by atoms with Gasteiger partial charge in [-0.2, -0.15) is 0 Å². The van der Waals surface area contributed by atoms with E-state index < -0.39 is 0 Å². The summed E-state index contributed by atoms with van der Waals surface area (Å²) >= 11 is 0. The van der Waals surface area contributed by atoms with Crippen LogP contribution < -0.4 is 0 Å². The molecule has 0 amide bonds. The average Bonchev–Trinajstić information content (AvgIpc) is 3.16.